The van der Waals surface area contributed by atoms with Crippen LogP contribution in [0.15, 0.2) is 53.0 Å². The van der Waals surface area contributed by atoms with Crippen molar-refractivity contribution in [1.29, 1.82) is 0 Å². The maximum atomic E-state index is 5.38. The summed E-state index contributed by atoms with van der Waals surface area (Å²) < 4.78 is 6.51. The lowest BCUT2D eigenvalue weighted by Gasteiger charge is -2.14. The number of para-hydroxylation sites is 1. The van der Waals surface area contributed by atoms with Gasteiger partial charge in [-0.05, 0) is 29.7 Å². The van der Waals surface area contributed by atoms with Gasteiger partial charge < -0.3 is 4.74 Å². The molecule has 0 spiro atoms. The van der Waals surface area contributed by atoms with Crippen LogP contribution in [-0.4, -0.2) is 7.11 Å². The lowest BCUT2D eigenvalue weighted by molar-refractivity contribution is 0.409. The molecule has 0 saturated carbocycles. The number of ether oxygens (including phenoxy) is 1. The third-order valence-corrected chi connectivity index (χ3v) is 4.37. The topological polar surface area (TPSA) is 9.23 Å². The third-order valence-electron chi connectivity index (χ3n) is 2.83. The van der Waals surface area contributed by atoms with Crippen molar-refractivity contribution in [2.24, 2.45) is 0 Å². The fourth-order valence-electron chi connectivity index (χ4n) is 1.90. The molecular formula is C15H14Br2O. The van der Waals surface area contributed by atoms with Crippen LogP contribution in [0.2, 0.25) is 0 Å². The Balaban J connectivity index is 2.21. The Bertz CT molecular complexity index is 525. The summed E-state index contributed by atoms with van der Waals surface area (Å²) in [6.45, 7) is 0. The number of alkyl halides is 1. The highest BCUT2D eigenvalue weighted by Gasteiger charge is 2.13. The zero-order valence-electron chi connectivity index (χ0n) is 10.1. The van der Waals surface area contributed by atoms with E-state index in [1.54, 1.807) is 7.11 Å². The number of hydrogen-bond acceptors (Lipinski definition) is 1. The van der Waals surface area contributed by atoms with Crippen molar-refractivity contribution in [3.8, 4) is 5.75 Å². The van der Waals surface area contributed by atoms with Crippen LogP contribution < -0.4 is 4.74 Å². The summed E-state index contributed by atoms with van der Waals surface area (Å²) >= 11 is 7.34. The number of halogens is 2. The van der Waals surface area contributed by atoms with E-state index in [-0.39, 0.29) is 4.83 Å². The van der Waals surface area contributed by atoms with Crippen LogP contribution in [0.25, 0.3) is 0 Å². The van der Waals surface area contributed by atoms with Crippen LogP contribution in [-0.2, 0) is 6.42 Å². The van der Waals surface area contributed by atoms with Crippen molar-refractivity contribution >= 4 is 31.9 Å². The molecule has 18 heavy (non-hydrogen) atoms. The van der Waals surface area contributed by atoms with Gasteiger partial charge in [-0.25, -0.2) is 0 Å². The van der Waals surface area contributed by atoms with Crippen molar-refractivity contribution in [2.45, 2.75) is 11.2 Å². The highest BCUT2D eigenvalue weighted by atomic mass is 79.9. The van der Waals surface area contributed by atoms with Crippen molar-refractivity contribution in [3.63, 3.8) is 0 Å². The lowest BCUT2D eigenvalue weighted by Crippen LogP contribution is -1.98. The summed E-state index contributed by atoms with van der Waals surface area (Å²) in [5, 5.41) is 0. The molecule has 2 aromatic carbocycles. The molecule has 1 unspecified atom stereocenters. The van der Waals surface area contributed by atoms with Gasteiger partial charge in [0, 0.05) is 9.30 Å². The molecule has 0 bridgehead atoms. The molecule has 3 heteroatoms. The number of rotatable bonds is 4. The van der Waals surface area contributed by atoms with Gasteiger partial charge in [0.15, 0.2) is 0 Å². The standard InChI is InChI=1S/C15H14Br2O/c1-18-15-9-5-2-6-11(15)10-14(17)12-7-3-4-8-13(12)16/h2-9,14H,10H2,1H3. The van der Waals surface area contributed by atoms with E-state index in [0.29, 0.717) is 0 Å². The van der Waals surface area contributed by atoms with Crippen molar-refractivity contribution in [2.75, 3.05) is 7.11 Å². The van der Waals surface area contributed by atoms with E-state index >= 15 is 0 Å². The van der Waals surface area contributed by atoms with Gasteiger partial charge in [-0.1, -0.05) is 68.3 Å². The van der Waals surface area contributed by atoms with E-state index in [9.17, 15) is 0 Å². The van der Waals surface area contributed by atoms with Gasteiger partial charge in [0.2, 0.25) is 0 Å². The predicted molar refractivity (Wildman–Crippen MR) is 82.5 cm³/mol. The minimum atomic E-state index is 0.268. The van der Waals surface area contributed by atoms with E-state index < -0.39 is 0 Å². The fraction of sp³-hybridized carbons (Fsp3) is 0.200. The minimum absolute atomic E-state index is 0.268. The molecule has 0 radical (unpaired) electrons. The van der Waals surface area contributed by atoms with Gasteiger partial charge in [0.05, 0.1) is 7.11 Å². The average molecular weight is 370 g/mol. The third kappa shape index (κ3) is 3.15. The van der Waals surface area contributed by atoms with Crippen LogP contribution in [0.1, 0.15) is 16.0 Å². The molecule has 0 heterocycles. The van der Waals surface area contributed by atoms with Crippen molar-refractivity contribution in [1.82, 2.24) is 0 Å². The Kier molecular flexibility index (Phi) is 4.84. The summed E-state index contributed by atoms with van der Waals surface area (Å²) in [6.07, 6.45) is 0.895. The Labute approximate surface area is 124 Å². The average Bonchev–Trinajstić information content (AvgIpc) is 2.39. The largest absolute Gasteiger partial charge is 0.496 e. The van der Waals surface area contributed by atoms with Gasteiger partial charge in [-0.2, -0.15) is 0 Å². The molecule has 0 amide bonds. The first kappa shape index (κ1) is 13.6. The van der Waals surface area contributed by atoms with Gasteiger partial charge in [-0.3, -0.25) is 0 Å². The first-order chi connectivity index (χ1) is 8.72. The molecule has 0 aliphatic heterocycles. The first-order valence-electron chi connectivity index (χ1n) is 5.72. The molecule has 1 atom stereocenters. The van der Waals surface area contributed by atoms with Gasteiger partial charge in [-0.15, -0.1) is 0 Å². The molecule has 2 aromatic rings. The van der Waals surface area contributed by atoms with Crippen molar-refractivity contribution in [3.05, 3.63) is 64.1 Å². The normalized spacial score (nSPS) is 12.2. The van der Waals surface area contributed by atoms with E-state index in [4.69, 9.17) is 4.74 Å². The summed E-state index contributed by atoms with van der Waals surface area (Å²) in [5.41, 5.74) is 2.46. The van der Waals surface area contributed by atoms with Gasteiger partial charge in [0.1, 0.15) is 5.75 Å². The second-order valence-corrected chi connectivity index (χ2v) is 5.96. The molecule has 0 aliphatic carbocycles. The summed E-state index contributed by atoms with van der Waals surface area (Å²) in [5.74, 6) is 0.939. The molecule has 94 valence electrons. The number of hydrogen-bond donors (Lipinski definition) is 0. The quantitative estimate of drug-likeness (QED) is 0.678. The lowest BCUT2D eigenvalue weighted by atomic mass is 10.0. The SMILES string of the molecule is COc1ccccc1CC(Br)c1ccccc1Br. The monoisotopic (exact) mass is 368 g/mol. The van der Waals surface area contributed by atoms with Crippen LogP contribution in [0.3, 0.4) is 0 Å². The predicted octanol–water partition coefficient (Wildman–Crippen LogP) is 5.14. The zero-order chi connectivity index (χ0) is 13.0. The molecule has 2 rings (SSSR count). The Morgan fingerprint density at radius 1 is 1.06 bits per heavy atom. The Hall–Kier alpha value is -0.800. The zero-order valence-corrected chi connectivity index (χ0v) is 13.2. The molecular weight excluding hydrogens is 356 g/mol. The maximum absolute atomic E-state index is 5.38. The molecule has 0 aromatic heterocycles. The number of benzene rings is 2. The smallest absolute Gasteiger partial charge is 0.122 e. The fourth-order valence-corrected chi connectivity index (χ4v) is 3.52. The summed E-state index contributed by atoms with van der Waals surface area (Å²) in [6, 6.07) is 16.4. The second kappa shape index (κ2) is 6.39. The van der Waals surface area contributed by atoms with Gasteiger partial charge >= 0.3 is 0 Å². The van der Waals surface area contributed by atoms with Crippen LogP contribution in [0.5, 0.6) is 5.75 Å². The van der Waals surface area contributed by atoms with E-state index in [2.05, 4.69) is 56.1 Å². The minimum Gasteiger partial charge on any atom is -0.496 e. The highest BCUT2D eigenvalue weighted by Crippen LogP contribution is 2.34. The molecule has 0 N–H and O–H groups in total. The maximum Gasteiger partial charge on any atom is 0.122 e. The summed E-state index contributed by atoms with van der Waals surface area (Å²) in [7, 11) is 1.71. The first-order valence-corrected chi connectivity index (χ1v) is 7.43. The van der Waals surface area contributed by atoms with Crippen molar-refractivity contribution < 1.29 is 4.74 Å². The highest BCUT2D eigenvalue weighted by molar-refractivity contribution is 9.11. The van der Waals surface area contributed by atoms with E-state index in [1.165, 1.54) is 11.1 Å². The van der Waals surface area contributed by atoms with Crippen LogP contribution >= 0.6 is 31.9 Å². The number of methoxy groups -OCH3 is 1. The second-order valence-electron chi connectivity index (χ2n) is 4.01. The van der Waals surface area contributed by atoms with Crippen LogP contribution in [0.4, 0.5) is 0 Å². The molecule has 1 nitrogen and oxygen atoms in total. The molecule has 0 fully saturated rings. The van der Waals surface area contributed by atoms with Gasteiger partial charge in [0.25, 0.3) is 0 Å². The van der Waals surface area contributed by atoms with Crippen LogP contribution in [0, 0.1) is 0 Å². The van der Waals surface area contributed by atoms with E-state index in [0.717, 1.165) is 16.6 Å². The van der Waals surface area contributed by atoms with E-state index in [1.807, 2.05) is 24.3 Å². The molecule has 0 saturated heterocycles. The summed E-state index contributed by atoms with van der Waals surface area (Å²) in [4.78, 5) is 0.268. The Morgan fingerprint density at radius 3 is 2.44 bits per heavy atom. The molecule has 0 aliphatic rings. The Morgan fingerprint density at radius 2 is 1.72 bits per heavy atom.